The molecule has 0 bridgehead atoms. The molecular formula is C19H19F2NO3. The maximum atomic E-state index is 12.9. The molecule has 4 nitrogen and oxygen atoms in total. The van der Waals surface area contributed by atoms with Crippen LogP contribution < -0.4 is 5.32 Å². The minimum Gasteiger partial charge on any atom is -0.452 e. The Morgan fingerprint density at radius 3 is 2.04 bits per heavy atom. The van der Waals surface area contributed by atoms with E-state index in [9.17, 15) is 18.4 Å². The number of hydrogen-bond acceptors (Lipinski definition) is 3. The van der Waals surface area contributed by atoms with Crippen LogP contribution in [0.25, 0.3) is 0 Å². The Morgan fingerprint density at radius 1 is 0.960 bits per heavy atom. The van der Waals surface area contributed by atoms with E-state index < -0.39 is 18.0 Å². The van der Waals surface area contributed by atoms with Gasteiger partial charge >= 0.3 is 5.97 Å². The van der Waals surface area contributed by atoms with E-state index in [2.05, 4.69) is 5.32 Å². The molecule has 0 heterocycles. The second kappa shape index (κ2) is 8.37. The minimum absolute atomic E-state index is 0.0502. The number of nitrogens with one attached hydrogen (secondary N) is 1. The van der Waals surface area contributed by atoms with Crippen LogP contribution in [0.4, 0.5) is 8.78 Å². The highest BCUT2D eigenvalue weighted by molar-refractivity contribution is 5.84. The van der Waals surface area contributed by atoms with Gasteiger partial charge in [-0.05, 0) is 49.2 Å². The van der Waals surface area contributed by atoms with E-state index in [1.807, 2.05) is 0 Å². The number of carbonyl (C=O) groups is 2. The molecule has 2 aromatic rings. The molecule has 0 aliphatic rings. The number of ether oxygens (including phenoxy) is 1. The van der Waals surface area contributed by atoms with E-state index in [0.29, 0.717) is 5.56 Å². The smallest absolute Gasteiger partial charge is 0.311 e. The molecule has 6 heteroatoms. The fraction of sp³-hybridized carbons (Fsp3) is 0.263. The fourth-order valence-corrected chi connectivity index (χ4v) is 2.23. The summed E-state index contributed by atoms with van der Waals surface area (Å²) in [5.41, 5.74) is 1.33. The van der Waals surface area contributed by atoms with E-state index in [-0.39, 0.29) is 24.1 Å². The summed E-state index contributed by atoms with van der Waals surface area (Å²) in [5, 5.41) is 2.70. The van der Waals surface area contributed by atoms with Crippen molar-refractivity contribution in [3.8, 4) is 0 Å². The third-order valence-electron chi connectivity index (χ3n) is 3.67. The summed E-state index contributed by atoms with van der Waals surface area (Å²) in [6.07, 6.45) is -1.03. The predicted molar refractivity (Wildman–Crippen MR) is 88.6 cm³/mol. The van der Waals surface area contributed by atoms with E-state index in [4.69, 9.17) is 4.74 Å². The first-order valence-electron chi connectivity index (χ1n) is 7.85. The van der Waals surface area contributed by atoms with Gasteiger partial charge in [-0.25, -0.2) is 8.78 Å². The Hall–Kier alpha value is -2.76. The standard InChI is InChI=1S/C19H19F2NO3/c1-12(15-5-9-17(21)10-6-15)22-19(24)13(2)25-18(23)11-14-3-7-16(20)8-4-14/h3-10,12-13H,11H2,1-2H3,(H,22,24). The molecule has 2 atom stereocenters. The van der Waals surface area contributed by atoms with Gasteiger partial charge < -0.3 is 10.1 Å². The Balaban J connectivity index is 1.85. The van der Waals surface area contributed by atoms with Crippen LogP contribution in [-0.4, -0.2) is 18.0 Å². The second-order valence-electron chi connectivity index (χ2n) is 5.72. The van der Waals surface area contributed by atoms with Gasteiger partial charge in [0.1, 0.15) is 11.6 Å². The van der Waals surface area contributed by atoms with E-state index in [0.717, 1.165) is 5.56 Å². The van der Waals surface area contributed by atoms with Gasteiger partial charge in [-0.2, -0.15) is 0 Å². The van der Waals surface area contributed by atoms with Crippen LogP contribution in [0, 0.1) is 11.6 Å². The molecule has 1 N–H and O–H groups in total. The lowest BCUT2D eigenvalue weighted by atomic mass is 10.1. The lowest BCUT2D eigenvalue weighted by molar-refractivity contribution is -0.154. The van der Waals surface area contributed by atoms with Crippen molar-refractivity contribution in [2.45, 2.75) is 32.4 Å². The summed E-state index contributed by atoms with van der Waals surface area (Å²) in [4.78, 5) is 24.0. The van der Waals surface area contributed by atoms with Crippen molar-refractivity contribution < 1.29 is 23.1 Å². The van der Waals surface area contributed by atoms with Crippen LogP contribution in [0.5, 0.6) is 0 Å². The van der Waals surface area contributed by atoms with Crippen molar-refractivity contribution in [3.63, 3.8) is 0 Å². The van der Waals surface area contributed by atoms with Crippen LogP contribution in [0.3, 0.4) is 0 Å². The summed E-state index contributed by atoms with van der Waals surface area (Å²) in [6, 6.07) is 10.9. The molecule has 0 fully saturated rings. The monoisotopic (exact) mass is 347 g/mol. The number of amides is 1. The minimum atomic E-state index is -0.976. The molecule has 0 spiro atoms. The molecule has 2 aromatic carbocycles. The Bertz CT molecular complexity index is 729. The Kier molecular flexibility index (Phi) is 6.22. The van der Waals surface area contributed by atoms with Gasteiger partial charge in [0.05, 0.1) is 12.5 Å². The van der Waals surface area contributed by atoms with Gasteiger partial charge in [-0.15, -0.1) is 0 Å². The first kappa shape index (κ1) is 18.6. The zero-order valence-corrected chi connectivity index (χ0v) is 14.0. The van der Waals surface area contributed by atoms with Crippen molar-refractivity contribution >= 4 is 11.9 Å². The molecule has 0 aromatic heterocycles. The van der Waals surface area contributed by atoms with Crippen molar-refractivity contribution in [2.24, 2.45) is 0 Å². The fourth-order valence-electron chi connectivity index (χ4n) is 2.23. The highest BCUT2D eigenvalue weighted by atomic mass is 19.1. The molecule has 25 heavy (non-hydrogen) atoms. The molecule has 2 unspecified atom stereocenters. The number of hydrogen-bond donors (Lipinski definition) is 1. The second-order valence-corrected chi connectivity index (χ2v) is 5.72. The summed E-state index contributed by atoms with van der Waals surface area (Å²) < 4.78 is 30.9. The summed E-state index contributed by atoms with van der Waals surface area (Å²) in [6.45, 7) is 3.22. The summed E-state index contributed by atoms with van der Waals surface area (Å²) >= 11 is 0. The molecule has 0 saturated carbocycles. The van der Waals surface area contributed by atoms with E-state index >= 15 is 0 Å². The van der Waals surface area contributed by atoms with Crippen LogP contribution >= 0.6 is 0 Å². The van der Waals surface area contributed by atoms with Crippen molar-refractivity contribution in [3.05, 3.63) is 71.3 Å². The van der Waals surface area contributed by atoms with Crippen LogP contribution in [0.1, 0.15) is 31.0 Å². The normalized spacial score (nSPS) is 13.0. The molecule has 132 valence electrons. The van der Waals surface area contributed by atoms with Crippen molar-refractivity contribution in [1.29, 1.82) is 0 Å². The van der Waals surface area contributed by atoms with E-state index in [1.54, 1.807) is 19.1 Å². The SMILES string of the molecule is CC(OC(=O)Cc1ccc(F)cc1)C(=O)NC(C)c1ccc(F)cc1. The highest BCUT2D eigenvalue weighted by Crippen LogP contribution is 2.13. The number of esters is 1. The van der Waals surface area contributed by atoms with Gasteiger partial charge in [0.2, 0.25) is 0 Å². The maximum absolute atomic E-state index is 12.9. The zero-order valence-electron chi connectivity index (χ0n) is 14.0. The molecule has 0 saturated heterocycles. The Labute approximate surface area is 144 Å². The van der Waals surface area contributed by atoms with Gasteiger partial charge in [-0.3, -0.25) is 9.59 Å². The molecular weight excluding hydrogens is 328 g/mol. The number of halogens is 2. The summed E-state index contributed by atoms with van der Waals surface area (Å²) in [7, 11) is 0. The van der Waals surface area contributed by atoms with Crippen molar-refractivity contribution in [2.75, 3.05) is 0 Å². The predicted octanol–water partition coefficient (Wildman–Crippen LogP) is 3.32. The first-order chi connectivity index (χ1) is 11.8. The molecule has 2 rings (SSSR count). The molecule has 1 amide bonds. The Morgan fingerprint density at radius 2 is 1.48 bits per heavy atom. The van der Waals surface area contributed by atoms with Crippen LogP contribution in [-0.2, 0) is 20.7 Å². The number of rotatable bonds is 6. The highest BCUT2D eigenvalue weighted by Gasteiger charge is 2.20. The van der Waals surface area contributed by atoms with Gasteiger partial charge in [0.15, 0.2) is 6.10 Å². The maximum Gasteiger partial charge on any atom is 0.311 e. The van der Waals surface area contributed by atoms with Crippen LogP contribution in [0.15, 0.2) is 48.5 Å². The average Bonchev–Trinajstić information content (AvgIpc) is 2.57. The first-order valence-corrected chi connectivity index (χ1v) is 7.85. The quantitative estimate of drug-likeness (QED) is 0.816. The van der Waals surface area contributed by atoms with E-state index in [1.165, 1.54) is 43.3 Å². The molecule has 0 aliphatic heterocycles. The number of carbonyl (C=O) groups excluding carboxylic acids is 2. The topological polar surface area (TPSA) is 55.4 Å². The lowest BCUT2D eigenvalue weighted by Gasteiger charge is -2.18. The van der Waals surface area contributed by atoms with Gasteiger partial charge in [-0.1, -0.05) is 24.3 Å². The molecule has 0 radical (unpaired) electrons. The van der Waals surface area contributed by atoms with Crippen molar-refractivity contribution in [1.82, 2.24) is 5.32 Å². The van der Waals surface area contributed by atoms with Crippen LogP contribution in [0.2, 0.25) is 0 Å². The average molecular weight is 347 g/mol. The summed E-state index contributed by atoms with van der Waals surface area (Å²) in [5.74, 6) is -1.78. The third kappa shape index (κ3) is 5.67. The largest absolute Gasteiger partial charge is 0.452 e. The third-order valence-corrected chi connectivity index (χ3v) is 3.67. The van der Waals surface area contributed by atoms with Gasteiger partial charge in [0, 0.05) is 0 Å². The molecule has 0 aliphatic carbocycles. The lowest BCUT2D eigenvalue weighted by Crippen LogP contribution is -2.37. The number of benzene rings is 2. The zero-order chi connectivity index (χ0) is 18.4. The van der Waals surface area contributed by atoms with Gasteiger partial charge in [0.25, 0.3) is 5.91 Å².